The third-order valence-corrected chi connectivity index (χ3v) is 5.99. The highest BCUT2D eigenvalue weighted by molar-refractivity contribution is 7.89. The highest BCUT2D eigenvalue weighted by Crippen LogP contribution is 2.26. The lowest BCUT2D eigenvalue weighted by molar-refractivity contribution is 0.0922. The number of methoxy groups -OCH3 is 1. The zero-order valence-corrected chi connectivity index (χ0v) is 17.4. The fraction of sp³-hybridized carbons (Fsp3) is 0.316. The maximum atomic E-state index is 12.9. The van der Waals surface area contributed by atoms with Crippen LogP contribution in [-0.2, 0) is 10.0 Å². The Balaban J connectivity index is 1.96. The average molecular weight is 417 g/mol. The lowest BCUT2D eigenvalue weighted by Crippen LogP contribution is -2.33. The second kappa shape index (κ2) is 8.18. The first-order valence-electron chi connectivity index (χ1n) is 9.00. The number of amides is 1. The van der Waals surface area contributed by atoms with Crippen molar-refractivity contribution in [2.24, 2.45) is 5.92 Å². The standard InChI is InChI=1S/C19H23N5O4S/c1-12(2)17(18-23-22-16-7-5-6-10-24(16)18)21-19(25)13-8-9-14(28-4)15(11-13)29(26,27)20-3/h5-12,17,20H,1-4H3,(H,21,25)/t17-/m1/s1. The molecular formula is C19H23N5O4S. The van der Waals surface area contributed by atoms with Crippen LogP contribution < -0.4 is 14.8 Å². The fourth-order valence-electron chi connectivity index (χ4n) is 2.96. The monoisotopic (exact) mass is 417 g/mol. The second-order valence-electron chi connectivity index (χ2n) is 6.76. The van der Waals surface area contributed by atoms with Crippen LogP contribution in [0.25, 0.3) is 5.65 Å². The summed E-state index contributed by atoms with van der Waals surface area (Å²) in [5.41, 5.74) is 0.869. The Morgan fingerprint density at radius 1 is 1.17 bits per heavy atom. The number of nitrogens with zero attached hydrogens (tertiary/aromatic N) is 3. The van der Waals surface area contributed by atoms with Gasteiger partial charge in [0.25, 0.3) is 5.91 Å². The van der Waals surface area contributed by atoms with Gasteiger partial charge in [0.05, 0.1) is 13.2 Å². The van der Waals surface area contributed by atoms with Crippen molar-refractivity contribution < 1.29 is 17.9 Å². The predicted octanol–water partition coefficient (Wildman–Crippen LogP) is 1.77. The molecule has 3 aromatic rings. The maximum Gasteiger partial charge on any atom is 0.251 e. The Morgan fingerprint density at radius 2 is 1.93 bits per heavy atom. The van der Waals surface area contributed by atoms with E-state index >= 15 is 0 Å². The van der Waals surface area contributed by atoms with Crippen molar-refractivity contribution in [1.29, 1.82) is 0 Å². The molecule has 0 saturated carbocycles. The molecule has 0 aliphatic heterocycles. The summed E-state index contributed by atoms with van der Waals surface area (Å²) in [6, 6.07) is 9.38. The fourth-order valence-corrected chi connectivity index (χ4v) is 3.88. The molecule has 0 radical (unpaired) electrons. The number of hydrogen-bond donors (Lipinski definition) is 2. The summed E-state index contributed by atoms with van der Waals surface area (Å²) in [6.45, 7) is 3.92. The molecule has 0 saturated heterocycles. The summed E-state index contributed by atoms with van der Waals surface area (Å²) < 4.78 is 33.7. The molecule has 10 heteroatoms. The Bertz CT molecular complexity index is 1140. The lowest BCUT2D eigenvalue weighted by Gasteiger charge is -2.21. The summed E-state index contributed by atoms with van der Waals surface area (Å²) in [5.74, 6) is 0.345. The minimum Gasteiger partial charge on any atom is -0.495 e. The lowest BCUT2D eigenvalue weighted by atomic mass is 10.0. The number of rotatable bonds is 7. The van der Waals surface area contributed by atoms with Gasteiger partial charge in [-0.1, -0.05) is 19.9 Å². The van der Waals surface area contributed by atoms with Crippen molar-refractivity contribution in [3.05, 3.63) is 54.0 Å². The minimum absolute atomic E-state index is 0.0188. The average Bonchev–Trinajstić information content (AvgIpc) is 3.14. The van der Waals surface area contributed by atoms with Crippen LogP contribution in [0.2, 0.25) is 0 Å². The SMILES string of the molecule is CNS(=O)(=O)c1cc(C(=O)N[C@@H](c2nnc3ccccn23)C(C)C)ccc1OC. The van der Waals surface area contributed by atoms with Crippen molar-refractivity contribution >= 4 is 21.6 Å². The van der Waals surface area contributed by atoms with Gasteiger partial charge in [0, 0.05) is 11.8 Å². The van der Waals surface area contributed by atoms with Crippen molar-refractivity contribution in [3.63, 3.8) is 0 Å². The largest absolute Gasteiger partial charge is 0.495 e. The number of aromatic nitrogens is 3. The Kier molecular flexibility index (Phi) is 5.85. The molecule has 2 heterocycles. The molecule has 29 heavy (non-hydrogen) atoms. The minimum atomic E-state index is -3.80. The number of carbonyl (C=O) groups excluding carboxylic acids is 1. The zero-order chi connectivity index (χ0) is 21.2. The van der Waals surface area contributed by atoms with E-state index < -0.39 is 22.0 Å². The third-order valence-electron chi connectivity index (χ3n) is 4.56. The summed E-state index contributed by atoms with van der Waals surface area (Å²) in [5, 5.41) is 11.3. The summed E-state index contributed by atoms with van der Waals surface area (Å²) in [4.78, 5) is 12.8. The molecular weight excluding hydrogens is 394 g/mol. The first kappa shape index (κ1) is 20.7. The molecule has 9 nitrogen and oxygen atoms in total. The molecule has 154 valence electrons. The van der Waals surface area contributed by atoms with E-state index in [4.69, 9.17) is 4.74 Å². The number of carbonyl (C=O) groups is 1. The molecule has 0 spiro atoms. The molecule has 0 aliphatic rings. The van der Waals surface area contributed by atoms with Crippen LogP contribution in [-0.4, -0.2) is 43.1 Å². The third kappa shape index (κ3) is 4.08. The molecule has 0 fully saturated rings. The number of benzene rings is 1. The molecule has 0 unspecified atom stereocenters. The highest BCUT2D eigenvalue weighted by Gasteiger charge is 2.26. The first-order valence-corrected chi connectivity index (χ1v) is 10.5. The van der Waals surface area contributed by atoms with E-state index in [0.717, 1.165) is 0 Å². The van der Waals surface area contributed by atoms with Gasteiger partial charge in [0.1, 0.15) is 10.6 Å². The summed E-state index contributed by atoms with van der Waals surface area (Å²) in [7, 11) is -1.13. The smallest absolute Gasteiger partial charge is 0.251 e. The van der Waals surface area contributed by atoms with E-state index in [-0.39, 0.29) is 22.1 Å². The number of hydrogen-bond acceptors (Lipinski definition) is 6. The quantitative estimate of drug-likeness (QED) is 0.606. The van der Waals surface area contributed by atoms with Crippen molar-refractivity contribution in [1.82, 2.24) is 24.6 Å². The van der Waals surface area contributed by atoms with E-state index in [0.29, 0.717) is 11.5 Å². The van der Waals surface area contributed by atoms with Crippen LogP contribution in [0.4, 0.5) is 0 Å². The van der Waals surface area contributed by atoms with Gasteiger partial charge in [0.15, 0.2) is 11.5 Å². The topological polar surface area (TPSA) is 115 Å². The van der Waals surface area contributed by atoms with E-state index in [9.17, 15) is 13.2 Å². The molecule has 2 N–H and O–H groups in total. The van der Waals surface area contributed by atoms with E-state index in [1.54, 1.807) is 0 Å². The van der Waals surface area contributed by atoms with Gasteiger partial charge in [-0.15, -0.1) is 10.2 Å². The van der Waals surface area contributed by atoms with Crippen LogP contribution >= 0.6 is 0 Å². The van der Waals surface area contributed by atoms with Gasteiger partial charge in [-0.2, -0.15) is 0 Å². The molecule has 1 aromatic carbocycles. The van der Waals surface area contributed by atoms with Gasteiger partial charge < -0.3 is 10.1 Å². The number of sulfonamides is 1. The number of pyridine rings is 1. The van der Waals surface area contributed by atoms with Gasteiger partial charge in [0.2, 0.25) is 10.0 Å². The number of ether oxygens (including phenoxy) is 1. The molecule has 0 aliphatic carbocycles. The molecule has 0 bridgehead atoms. The summed E-state index contributed by atoms with van der Waals surface area (Å²) in [6.07, 6.45) is 1.83. The van der Waals surface area contributed by atoms with Crippen molar-refractivity contribution in [2.45, 2.75) is 24.8 Å². The Morgan fingerprint density at radius 3 is 2.59 bits per heavy atom. The van der Waals surface area contributed by atoms with Gasteiger partial charge >= 0.3 is 0 Å². The van der Waals surface area contributed by atoms with Crippen LogP contribution in [0.3, 0.4) is 0 Å². The number of fused-ring (bicyclic) bond motifs is 1. The van der Waals surface area contributed by atoms with E-state index in [2.05, 4.69) is 20.2 Å². The second-order valence-corrected chi connectivity index (χ2v) is 8.61. The normalized spacial score (nSPS) is 12.9. The molecule has 3 rings (SSSR count). The molecule has 1 atom stereocenters. The Labute approximate surface area is 169 Å². The highest BCUT2D eigenvalue weighted by atomic mass is 32.2. The number of nitrogens with one attached hydrogen (secondary N) is 2. The van der Waals surface area contributed by atoms with E-state index in [1.807, 2.05) is 42.6 Å². The van der Waals surface area contributed by atoms with E-state index in [1.165, 1.54) is 32.4 Å². The van der Waals surface area contributed by atoms with Crippen molar-refractivity contribution in [3.8, 4) is 5.75 Å². The predicted molar refractivity (Wildman–Crippen MR) is 107 cm³/mol. The van der Waals surface area contributed by atoms with Gasteiger partial charge in [-0.25, -0.2) is 13.1 Å². The van der Waals surface area contributed by atoms with Crippen LogP contribution in [0.15, 0.2) is 47.5 Å². The van der Waals surface area contributed by atoms with Gasteiger partial charge in [-0.3, -0.25) is 9.20 Å². The Hall–Kier alpha value is -2.98. The molecule has 2 aromatic heterocycles. The van der Waals surface area contributed by atoms with Crippen molar-refractivity contribution in [2.75, 3.05) is 14.2 Å². The first-order chi connectivity index (χ1) is 13.8. The maximum absolute atomic E-state index is 12.9. The van der Waals surface area contributed by atoms with Crippen LogP contribution in [0.1, 0.15) is 36.1 Å². The zero-order valence-electron chi connectivity index (χ0n) is 16.6. The van der Waals surface area contributed by atoms with Crippen LogP contribution in [0.5, 0.6) is 5.75 Å². The molecule has 1 amide bonds. The van der Waals surface area contributed by atoms with Crippen LogP contribution in [0, 0.1) is 5.92 Å². The van der Waals surface area contributed by atoms with Gasteiger partial charge in [-0.05, 0) is 43.3 Å². The summed E-state index contributed by atoms with van der Waals surface area (Å²) >= 11 is 0.